The molecule has 0 aromatic carbocycles. The largest absolute Gasteiger partial charge is 0.481 e. The molecular weight excluding hydrogens is 218 g/mol. The summed E-state index contributed by atoms with van der Waals surface area (Å²) in [6, 6.07) is -0.110. The molecule has 2 unspecified atom stereocenters. The molecule has 0 spiro atoms. The number of hydrogen-bond donors (Lipinski definition) is 2. The predicted octanol–water partition coefficient (Wildman–Crippen LogP) is 1.71. The van der Waals surface area contributed by atoms with Crippen LogP contribution in [0, 0.1) is 11.3 Å². The van der Waals surface area contributed by atoms with Gasteiger partial charge in [-0.1, -0.05) is 31.9 Å². The molecule has 2 aliphatic carbocycles. The monoisotopic (exact) mass is 237 g/mol. The van der Waals surface area contributed by atoms with Gasteiger partial charge in [-0.05, 0) is 19.3 Å². The lowest BCUT2D eigenvalue weighted by Crippen LogP contribution is -2.42. The van der Waals surface area contributed by atoms with Gasteiger partial charge in [0.15, 0.2) is 0 Å². The van der Waals surface area contributed by atoms with Crippen LogP contribution in [0.2, 0.25) is 0 Å². The SMILES string of the molecule is CC1(C(=O)NC2C=CC(C(=O)O)C2)CCCC1. The Morgan fingerprint density at radius 1 is 1.29 bits per heavy atom. The number of carboxylic acids is 1. The molecule has 1 fully saturated rings. The molecular formula is C13H19NO3. The number of carbonyl (C=O) groups excluding carboxylic acids is 1. The second-order valence-electron chi connectivity index (χ2n) is 5.41. The maximum Gasteiger partial charge on any atom is 0.310 e. The Hall–Kier alpha value is -1.32. The number of amides is 1. The quantitative estimate of drug-likeness (QED) is 0.734. The molecule has 94 valence electrons. The van der Waals surface area contributed by atoms with Gasteiger partial charge in [0.2, 0.25) is 5.91 Å². The summed E-state index contributed by atoms with van der Waals surface area (Å²) in [5, 5.41) is 11.8. The lowest BCUT2D eigenvalue weighted by atomic mass is 9.87. The van der Waals surface area contributed by atoms with Crippen LogP contribution in [0.25, 0.3) is 0 Å². The third-order valence-electron chi connectivity index (χ3n) is 3.97. The highest BCUT2D eigenvalue weighted by Crippen LogP contribution is 2.38. The van der Waals surface area contributed by atoms with Crippen molar-refractivity contribution in [2.75, 3.05) is 0 Å². The number of carboxylic acid groups (broad SMARTS) is 1. The standard InChI is InChI=1S/C13H19NO3/c1-13(6-2-3-7-13)12(17)14-10-5-4-9(8-10)11(15)16/h4-5,9-10H,2-3,6-8H2,1H3,(H,14,17)(H,15,16). The molecule has 0 radical (unpaired) electrons. The van der Waals surface area contributed by atoms with E-state index in [2.05, 4.69) is 5.32 Å². The fraction of sp³-hybridized carbons (Fsp3) is 0.692. The van der Waals surface area contributed by atoms with Gasteiger partial charge < -0.3 is 10.4 Å². The summed E-state index contributed by atoms with van der Waals surface area (Å²) in [4.78, 5) is 22.9. The Kier molecular flexibility index (Phi) is 3.22. The van der Waals surface area contributed by atoms with Crippen molar-refractivity contribution in [2.24, 2.45) is 11.3 Å². The number of hydrogen-bond acceptors (Lipinski definition) is 2. The fourth-order valence-electron chi connectivity index (χ4n) is 2.71. The molecule has 2 rings (SSSR count). The second-order valence-corrected chi connectivity index (χ2v) is 5.41. The summed E-state index contributed by atoms with van der Waals surface area (Å²) >= 11 is 0. The molecule has 0 bridgehead atoms. The summed E-state index contributed by atoms with van der Waals surface area (Å²) in [6.07, 6.45) is 8.07. The van der Waals surface area contributed by atoms with Crippen LogP contribution in [0.4, 0.5) is 0 Å². The Morgan fingerprint density at radius 3 is 2.47 bits per heavy atom. The Morgan fingerprint density at radius 2 is 1.94 bits per heavy atom. The molecule has 0 aliphatic heterocycles. The maximum atomic E-state index is 12.1. The van der Waals surface area contributed by atoms with Crippen LogP contribution in [0.3, 0.4) is 0 Å². The van der Waals surface area contributed by atoms with Gasteiger partial charge in [0.05, 0.1) is 5.92 Å². The molecule has 4 heteroatoms. The van der Waals surface area contributed by atoms with E-state index in [0.717, 1.165) is 25.7 Å². The van der Waals surface area contributed by atoms with Crippen LogP contribution in [-0.2, 0) is 9.59 Å². The molecule has 2 atom stereocenters. The predicted molar refractivity (Wildman–Crippen MR) is 63.4 cm³/mol. The molecule has 0 aromatic heterocycles. The summed E-state index contributed by atoms with van der Waals surface area (Å²) in [6.45, 7) is 2.00. The zero-order valence-corrected chi connectivity index (χ0v) is 10.1. The molecule has 1 amide bonds. The van der Waals surface area contributed by atoms with Crippen LogP contribution in [0.1, 0.15) is 39.0 Å². The van der Waals surface area contributed by atoms with Gasteiger partial charge in [0.1, 0.15) is 0 Å². The Labute approximate surface area is 101 Å². The minimum atomic E-state index is -0.815. The molecule has 4 nitrogen and oxygen atoms in total. The summed E-state index contributed by atoms with van der Waals surface area (Å²) in [7, 11) is 0. The summed E-state index contributed by atoms with van der Waals surface area (Å²) in [5.74, 6) is -1.18. The van der Waals surface area contributed by atoms with Gasteiger partial charge in [-0.15, -0.1) is 0 Å². The van der Waals surface area contributed by atoms with E-state index in [9.17, 15) is 9.59 Å². The highest BCUT2D eigenvalue weighted by Gasteiger charge is 2.37. The topological polar surface area (TPSA) is 66.4 Å². The smallest absolute Gasteiger partial charge is 0.310 e. The fourth-order valence-corrected chi connectivity index (χ4v) is 2.71. The van der Waals surface area contributed by atoms with E-state index in [0.29, 0.717) is 6.42 Å². The molecule has 0 saturated heterocycles. The van der Waals surface area contributed by atoms with Gasteiger partial charge in [0, 0.05) is 11.5 Å². The van der Waals surface area contributed by atoms with Gasteiger partial charge in [0.25, 0.3) is 0 Å². The Balaban J connectivity index is 1.89. The second kappa shape index (κ2) is 4.51. The van der Waals surface area contributed by atoms with Gasteiger partial charge >= 0.3 is 5.97 Å². The average molecular weight is 237 g/mol. The lowest BCUT2D eigenvalue weighted by Gasteiger charge is -2.24. The summed E-state index contributed by atoms with van der Waals surface area (Å²) in [5.41, 5.74) is -0.241. The van der Waals surface area contributed by atoms with E-state index in [1.807, 2.05) is 6.92 Å². The van der Waals surface area contributed by atoms with E-state index in [1.165, 1.54) is 0 Å². The van der Waals surface area contributed by atoms with Crippen LogP contribution in [0.15, 0.2) is 12.2 Å². The lowest BCUT2D eigenvalue weighted by molar-refractivity contribution is -0.140. The van der Waals surface area contributed by atoms with Crippen molar-refractivity contribution in [3.63, 3.8) is 0 Å². The first-order chi connectivity index (χ1) is 8.01. The highest BCUT2D eigenvalue weighted by molar-refractivity contribution is 5.83. The van der Waals surface area contributed by atoms with Crippen LogP contribution < -0.4 is 5.32 Å². The van der Waals surface area contributed by atoms with Crippen molar-refractivity contribution in [2.45, 2.75) is 45.1 Å². The summed E-state index contributed by atoms with van der Waals surface area (Å²) < 4.78 is 0. The minimum Gasteiger partial charge on any atom is -0.481 e. The van der Waals surface area contributed by atoms with E-state index >= 15 is 0 Å². The third-order valence-corrected chi connectivity index (χ3v) is 3.97. The van der Waals surface area contributed by atoms with Crippen LogP contribution >= 0.6 is 0 Å². The first-order valence-electron chi connectivity index (χ1n) is 6.23. The zero-order chi connectivity index (χ0) is 12.5. The molecule has 0 aromatic rings. The zero-order valence-electron chi connectivity index (χ0n) is 10.1. The first kappa shape index (κ1) is 12.1. The molecule has 2 N–H and O–H groups in total. The molecule has 1 saturated carbocycles. The van der Waals surface area contributed by atoms with E-state index in [1.54, 1.807) is 12.2 Å². The molecule has 17 heavy (non-hydrogen) atoms. The number of nitrogens with one attached hydrogen (secondary N) is 1. The van der Waals surface area contributed by atoms with Crippen molar-refractivity contribution < 1.29 is 14.7 Å². The van der Waals surface area contributed by atoms with Gasteiger partial charge in [-0.2, -0.15) is 0 Å². The molecule has 0 heterocycles. The van der Waals surface area contributed by atoms with E-state index in [4.69, 9.17) is 5.11 Å². The van der Waals surface area contributed by atoms with Crippen molar-refractivity contribution in [3.8, 4) is 0 Å². The molecule has 2 aliphatic rings. The normalized spacial score (nSPS) is 30.4. The van der Waals surface area contributed by atoms with Crippen molar-refractivity contribution >= 4 is 11.9 Å². The third kappa shape index (κ3) is 2.51. The van der Waals surface area contributed by atoms with Crippen molar-refractivity contribution in [1.82, 2.24) is 5.32 Å². The number of carbonyl (C=O) groups is 2. The Bertz CT molecular complexity index is 356. The van der Waals surface area contributed by atoms with E-state index < -0.39 is 11.9 Å². The maximum absolute atomic E-state index is 12.1. The van der Waals surface area contributed by atoms with Gasteiger partial charge in [-0.25, -0.2) is 0 Å². The average Bonchev–Trinajstić information content (AvgIpc) is 2.88. The van der Waals surface area contributed by atoms with E-state index in [-0.39, 0.29) is 17.4 Å². The van der Waals surface area contributed by atoms with Crippen molar-refractivity contribution in [1.29, 1.82) is 0 Å². The van der Waals surface area contributed by atoms with Crippen LogP contribution in [-0.4, -0.2) is 23.0 Å². The first-order valence-corrected chi connectivity index (χ1v) is 6.23. The van der Waals surface area contributed by atoms with Crippen molar-refractivity contribution in [3.05, 3.63) is 12.2 Å². The van der Waals surface area contributed by atoms with Crippen LogP contribution in [0.5, 0.6) is 0 Å². The number of rotatable bonds is 3. The number of aliphatic carboxylic acids is 1. The highest BCUT2D eigenvalue weighted by atomic mass is 16.4. The minimum absolute atomic E-state index is 0.0793. The van der Waals surface area contributed by atoms with Gasteiger partial charge in [-0.3, -0.25) is 9.59 Å².